The Hall–Kier alpha value is -0.0900. The number of nitrogens with one attached hydrogen (secondary N) is 1. The van der Waals surface area contributed by atoms with Crippen LogP contribution in [0.4, 0.5) is 0 Å². The normalized spacial score (nSPS) is 31.2. The molecular formula is C14H24BrNO2. The lowest BCUT2D eigenvalue weighted by Gasteiger charge is -2.36. The van der Waals surface area contributed by atoms with E-state index in [1.165, 1.54) is 32.1 Å². The molecule has 0 radical (unpaired) electrons. The Morgan fingerprint density at radius 1 is 1.33 bits per heavy atom. The van der Waals surface area contributed by atoms with Crippen LogP contribution in [0.3, 0.4) is 0 Å². The first-order chi connectivity index (χ1) is 8.65. The van der Waals surface area contributed by atoms with Crippen molar-refractivity contribution >= 4 is 21.8 Å². The molecule has 3 nitrogen and oxygen atoms in total. The van der Waals surface area contributed by atoms with Gasteiger partial charge in [-0.15, -0.1) is 0 Å². The maximum atomic E-state index is 12.0. The van der Waals surface area contributed by atoms with Crippen LogP contribution in [0.2, 0.25) is 0 Å². The van der Waals surface area contributed by atoms with Crippen molar-refractivity contribution in [2.45, 2.75) is 64.1 Å². The van der Waals surface area contributed by atoms with Crippen molar-refractivity contribution in [2.75, 3.05) is 11.9 Å². The fourth-order valence-corrected chi connectivity index (χ4v) is 3.80. The van der Waals surface area contributed by atoms with Crippen molar-refractivity contribution in [3.05, 3.63) is 0 Å². The highest BCUT2D eigenvalue weighted by atomic mass is 79.9. The molecule has 2 rings (SSSR count). The first-order valence-corrected chi connectivity index (χ1v) is 8.26. The Kier molecular flexibility index (Phi) is 5.07. The van der Waals surface area contributed by atoms with Crippen molar-refractivity contribution in [1.29, 1.82) is 0 Å². The van der Waals surface area contributed by atoms with Crippen LogP contribution in [0.5, 0.6) is 0 Å². The van der Waals surface area contributed by atoms with Gasteiger partial charge in [0, 0.05) is 11.9 Å². The number of carbonyl (C=O) groups is 1. The standard InChI is InChI=1S/C14H24BrNO2/c1-11-5-6-12(18-11)13(17)16-10-14(9-15)7-3-2-4-8-14/h11-12H,2-10H2,1H3,(H,16,17). The molecule has 0 bridgehead atoms. The van der Waals surface area contributed by atoms with E-state index < -0.39 is 0 Å². The van der Waals surface area contributed by atoms with E-state index in [9.17, 15) is 4.79 Å². The van der Waals surface area contributed by atoms with E-state index >= 15 is 0 Å². The van der Waals surface area contributed by atoms with E-state index in [-0.39, 0.29) is 23.5 Å². The van der Waals surface area contributed by atoms with Gasteiger partial charge in [0.05, 0.1) is 6.10 Å². The van der Waals surface area contributed by atoms with Crippen LogP contribution >= 0.6 is 15.9 Å². The molecule has 1 aliphatic heterocycles. The maximum Gasteiger partial charge on any atom is 0.249 e. The van der Waals surface area contributed by atoms with Gasteiger partial charge in [-0.1, -0.05) is 35.2 Å². The molecule has 0 aromatic carbocycles. The predicted molar refractivity (Wildman–Crippen MR) is 75.9 cm³/mol. The first kappa shape index (κ1) is 14.3. The second-order valence-electron chi connectivity index (χ2n) is 5.92. The number of carbonyl (C=O) groups excluding carboxylic acids is 1. The number of alkyl halides is 1. The van der Waals surface area contributed by atoms with E-state index in [0.29, 0.717) is 0 Å². The minimum Gasteiger partial charge on any atom is -0.365 e. The van der Waals surface area contributed by atoms with Crippen molar-refractivity contribution < 1.29 is 9.53 Å². The summed E-state index contributed by atoms with van der Waals surface area (Å²) in [6, 6.07) is 0. The van der Waals surface area contributed by atoms with E-state index in [1.807, 2.05) is 6.92 Å². The highest BCUT2D eigenvalue weighted by Gasteiger charge is 2.33. The molecule has 1 saturated carbocycles. The van der Waals surface area contributed by atoms with Crippen LogP contribution in [0.25, 0.3) is 0 Å². The molecule has 1 heterocycles. The Morgan fingerprint density at radius 2 is 2.06 bits per heavy atom. The monoisotopic (exact) mass is 317 g/mol. The lowest BCUT2D eigenvalue weighted by Crippen LogP contribution is -2.43. The highest BCUT2D eigenvalue weighted by Crippen LogP contribution is 2.37. The molecule has 4 heteroatoms. The third kappa shape index (κ3) is 3.47. The van der Waals surface area contributed by atoms with Gasteiger partial charge in [0.1, 0.15) is 6.10 Å². The SMILES string of the molecule is CC1CCC(C(=O)NCC2(CBr)CCCCC2)O1. The summed E-state index contributed by atoms with van der Waals surface area (Å²) < 4.78 is 5.61. The third-order valence-corrected chi connectivity index (χ3v) is 5.55. The summed E-state index contributed by atoms with van der Waals surface area (Å²) in [4.78, 5) is 12.0. The maximum absolute atomic E-state index is 12.0. The molecule has 2 atom stereocenters. The lowest BCUT2D eigenvalue weighted by molar-refractivity contribution is -0.132. The fraction of sp³-hybridized carbons (Fsp3) is 0.929. The van der Waals surface area contributed by atoms with E-state index in [2.05, 4.69) is 21.2 Å². The highest BCUT2D eigenvalue weighted by molar-refractivity contribution is 9.09. The van der Waals surface area contributed by atoms with Crippen LogP contribution in [-0.2, 0) is 9.53 Å². The number of hydrogen-bond acceptors (Lipinski definition) is 2. The molecule has 18 heavy (non-hydrogen) atoms. The van der Waals surface area contributed by atoms with Crippen molar-refractivity contribution in [3.8, 4) is 0 Å². The zero-order chi connectivity index (χ0) is 13.0. The average Bonchev–Trinajstić information content (AvgIpc) is 2.84. The van der Waals surface area contributed by atoms with Crippen molar-refractivity contribution in [1.82, 2.24) is 5.32 Å². The summed E-state index contributed by atoms with van der Waals surface area (Å²) in [6.07, 6.45) is 8.26. The number of halogens is 1. The zero-order valence-electron chi connectivity index (χ0n) is 11.2. The van der Waals surface area contributed by atoms with Gasteiger partial charge in [-0.2, -0.15) is 0 Å². The smallest absolute Gasteiger partial charge is 0.249 e. The van der Waals surface area contributed by atoms with Gasteiger partial charge in [-0.3, -0.25) is 4.79 Å². The molecule has 2 unspecified atom stereocenters. The minimum absolute atomic E-state index is 0.0882. The van der Waals surface area contributed by atoms with Crippen LogP contribution in [0.15, 0.2) is 0 Å². The molecule has 0 aromatic heterocycles. The molecule has 2 aliphatic rings. The van der Waals surface area contributed by atoms with Crippen LogP contribution in [0, 0.1) is 5.41 Å². The second kappa shape index (κ2) is 6.38. The van der Waals surface area contributed by atoms with Gasteiger partial charge >= 0.3 is 0 Å². The average molecular weight is 318 g/mol. The number of amides is 1. The van der Waals surface area contributed by atoms with Gasteiger partial charge in [-0.25, -0.2) is 0 Å². The molecule has 104 valence electrons. The Bertz CT molecular complexity index is 290. The minimum atomic E-state index is -0.212. The zero-order valence-corrected chi connectivity index (χ0v) is 12.8. The number of rotatable bonds is 4. The quantitative estimate of drug-likeness (QED) is 0.809. The van der Waals surface area contributed by atoms with Gasteiger partial charge in [0.25, 0.3) is 0 Å². The van der Waals surface area contributed by atoms with Gasteiger partial charge in [0.2, 0.25) is 5.91 Å². The predicted octanol–water partition coefficient (Wildman–Crippen LogP) is 3.02. The fourth-order valence-electron chi connectivity index (χ4n) is 3.04. The summed E-state index contributed by atoms with van der Waals surface area (Å²) in [7, 11) is 0. The van der Waals surface area contributed by atoms with Gasteiger partial charge in [-0.05, 0) is 38.0 Å². The topological polar surface area (TPSA) is 38.3 Å². The van der Waals surface area contributed by atoms with Gasteiger partial charge < -0.3 is 10.1 Å². The van der Waals surface area contributed by atoms with E-state index in [0.717, 1.165) is 24.7 Å². The van der Waals surface area contributed by atoms with Gasteiger partial charge in [0.15, 0.2) is 0 Å². The molecule has 1 saturated heterocycles. The largest absolute Gasteiger partial charge is 0.365 e. The summed E-state index contributed by atoms with van der Waals surface area (Å²) in [5.41, 5.74) is 0.276. The van der Waals surface area contributed by atoms with E-state index in [4.69, 9.17) is 4.74 Å². The first-order valence-electron chi connectivity index (χ1n) is 7.14. The third-order valence-electron chi connectivity index (χ3n) is 4.36. The van der Waals surface area contributed by atoms with Crippen LogP contribution < -0.4 is 5.32 Å². The number of ether oxygens (including phenoxy) is 1. The molecule has 0 spiro atoms. The van der Waals surface area contributed by atoms with Crippen molar-refractivity contribution in [2.24, 2.45) is 5.41 Å². The number of hydrogen-bond donors (Lipinski definition) is 1. The van der Waals surface area contributed by atoms with Crippen LogP contribution in [-0.4, -0.2) is 30.0 Å². The molecule has 1 aliphatic carbocycles. The summed E-state index contributed by atoms with van der Waals surface area (Å²) >= 11 is 3.63. The Morgan fingerprint density at radius 3 is 2.61 bits per heavy atom. The summed E-state index contributed by atoms with van der Waals surface area (Å²) in [6.45, 7) is 2.83. The molecule has 1 amide bonds. The van der Waals surface area contributed by atoms with Crippen molar-refractivity contribution in [3.63, 3.8) is 0 Å². The molecule has 2 fully saturated rings. The van der Waals surface area contributed by atoms with Crippen LogP contribution in [0.1, 0.15) is 51.9 Å². The summed E-state index contributed by atoms with van der Waals surface area (Å²) in [5, 5.41) is 4.10. The Labute approximate surface area is 118 Å². The molecular weight excluding hydrogens is 294 g/mol. The Balaban J connectivity index is 1.80. The molecule has 0 aromatic rings. The molecule has 1 N–H and O–H groups in total. The van der Waals surface area contributed by atoms with E-state index in [1.54, 1.807) is 0 Å². The lowest BCUT2D eigenvalue weighted by atomic mass is 9.75. The summed E-state index contributed by atoms with van der Waals surface area (Å²) in [5.74, 6) is 0.0882. The second-order valence-corrected chi connectivity index (χ2v) is 6.49.